The summed E-state index contributed by atoms with van der Waals surface area (Å²) in [4.78, 5) is 11.6. The zero-order valence-corrected chi connectivity index (χ0v) is 10.9. The molecule has 1 amide bonds. The van der Waals surface area contributed by atoms with Crippen molar-refractivity contribution in [2.24, 2.45) is 0 Å². The highest BCUT2D eigenvalue weighted by molar-refractivity contribution is 6.38. The Bertz CT molecular complexity index is 640. The third kappa shape index (κ3) is 2.61. The summed E-state index contributed by atoms with van der Waals surface area (Å²) < 4.78 is 1.78. The summed E-state index contributed by atoms with van der Waals surface area (Å²) in [6.07, 6.45) is 6.87. The standard InChI is InChI=1S/C13H10Cl2N2O/c1-2-4-16-13(18)8-17-5-3-10-11(15)6-9(14)7-12(10)17/h1,3,5-7H,4,8H2,(H,16,18). The van der Waals surface area contributed by atoms with E-state index in [4.69, 9.17) is 29.6 Å². The first kappa shape index (κ1) is 12.8. The lowest BCUT2D eigenvalue weighted by Gasteiger charge is -2.06. The summed E-state index contributed by atoms with van der Waals surface area (Å²) in [5, 5.41) is 4.58. The van der Waals surface area contributed by atoms with Crippen LogP contribution in [0.25, 0.3) is 10.9 Å². The van der Waals surface area contributed by atoms with Crippen molar-refractivity contribution >= 4 is 40.0 Å². The first-order chi connectivity index (χ1) is 8.61. The summed E-state index contributed by atoms with van der Waals surface area (Å²) in [6.45, 7) is 0.404. The Morgan fingerprint density at radius 1 is 1.44 bits per heavy atom. The van der Waals surface area contributed by atoms with Crippen molar-refractivity contribution in [2.75, 3.05) is 6.54 Å². The lowest BCUT2D eigenvalue weighted by atomic mass is 10.2. The van der Waals surface area contributed by atoms with Gasteiger partial charge in [0.25, 0.3) is 0 Å². The Kier molecular flexibility index (Phi) is 3.81. The van der Waals surface area contributed by atoms with E-state index in [2.05, 4.69) is 11.2 Å². The molecular formula is C13H10Cl2N2O. The van der Waals surface area contributed by atoms with Crippen molar-refractivity contribution in [1.82, 2.24) is 9.88 Å². The molecule has 2 aromatic rings. The average molecular weight is 281 g/mol. The second kappa shape index (κ2) is 5.34. The minimum Gasteiger partial charge on any atom is -0.344 e. The summed E-state index contributed by atoms with van der Waals surface area (Å²) in [6, 6.07) is 5.30. The first-order valence-electron chi connectivity index (χ1n) is 5.26. The summed E-state index contributed by atoms with van der Waals surface area (Å²) in [5.74, 6) is 2.20. The van der Waals surface area contributed by atoms with Gasteiger partial charge in [-0.05, 0) is 18.2 Å². The van der Waals surface area contributed by atoms with E-state index in [0.29, 0.717) is 10.0 Å². The highest BCUT2D eigenvalue weighted by Gasteiger charge is 2.09. The Hall–Kier alpha value is -1.63. The predicted molar refractivity (Wildman–Crippen MR) is 73.8 cm³/mol. The second-order valence-electron chi connectivity index (χ2n) is 3.74. The van der Waals surface area contributed by atoms with E-state index in [1.54, 1.807) is 22.9 Å². The fourth-order valence-electron chi connectivity index (χ4n) is 1.72. The van der Waals surface area contributed by atoms with Gasteiger partial charge in [-0.25, -0.2) is 0 Å². The van der Waals surface area contributed by atoms with E-state index in [9.17, 15) is 4.79 Å². The Morgan fingerprint density at radius 3 is 2.94 bits per heavy atom. The lowest BCUT2D eigenvalue weighted by Crippen LogP contribution is -2.27. The normalized spacial score (nSPS) is 10.3. The van der Waals surface area contributed by atoms with Crippen molar-refractivity contribution in [2.45, 2.75) is 6.54 Å². The van der Waals surface area contributed by atoms with Gasteiger partial charge < -0.3 is 9.88 Å². The monoisotopic (exact) mass is 280 g/mol. The number of halogens is 2. The van der Waals surface area contributed by atoms with Gasteiger partial charge in [0, 0.05) is 16.6 Å². The second-order valence-corrected chi connectivity index (χ2v) is 4.59. The molecule has 18 heavy (non-hydrogen) atoms. The number of benzene rings is 1. The van der Waals surface area contributed by atoms with Gasteiger partial charge >= 0.3 is 0 Å². The largest absolute Gasteiger partial charge is 0.344 e. The van der Waals surface area contributed by atoms with E-state index < -0.39 is 0 Å². The van der Waals surface area contributed by atoms with E-state index >= 15 is 0 Å². The molecule has 1 N–H and O–H groups in total. The number of amides is 1. The van der Waals surface area contributed by atoms with Crippen LogP contribution in [0.15, 0.2) is 24.4 Å². The smallest absolute Gasteiger partial charge is 0.240 e. The van der Waals surface area contributed by atoms with Gasteiger partial charge in [0.2, 0.25) is 5.91 Å². The molecule has 0 saturated carbocycles. The average Bonchev–Trinajstić information content (AvgIpc) is 2.70. The van der Waals surface area contributed by atoms with Crippen LogP contribution in [0.3, 0.4) is 0 Å². The molecule has 0 radical (unpaired) electrons. The van der Waals surface area contributed by atoms with Gasteiger partial charge in [0.15, 0.2) is 0 Å². The molecule has 1 heterocycles. The SMILES string of the molecule is C#CCNC(=O)Cn1ccc2c(Cl)cc(Cl)cc21. The number of aromatic nitrogens is 1. The number of carbonyl (C=O) groups excluding carboxylic acids is 1. The highest BCUT2D eigenvalue weighted by Crippen LogP contribution is 2.28. The van der Waals surface area contributed by atoms with Crippen LogP contribution in [-0.2, 0) is 11.3 Å². The van der Waals surface area contributed by atoms with Gasteiger partial charge in [0.1, 0.15) is 6.54 Å². The van der Waals surface area contributed by atoms with Gasteiger partial charge in [-0.1, -0.05) is 29.1 Å². The minimum atomic E-state index is -0.151. The number of hydrogen-bond acceptors (Lipinski definition) is 1. The number of nitrogens with zero attached hydrogens (tertiary/aromatic N) is 1. The van der Waals surface area contributed by atoms with E-state index in [-0.39, 0.29) is 19.0 Å². The van der Waals surface area contributed by atoms with Gasteiger partial charge in [0.05, 0.1) is 17.1 Å². The zero-order valence-electron chi connectivity index (χ0n) is 9.41. The molecule has 0 spiro atoms. The van der Waals surface area contributed by atoms with Crippen molar-refractivity contribution in [3.63, 3.8) is 0 Å². The van der Waals surface area contributed by atoms with Crippen LogP contribution >= 0.6 is 23.2 Å². The lowest BCUT2D eigenvalue weighted by molar-refractivity contribution is -0.121. The fourth-order valence-corrected chi connectivity index (χ4v) is 2.26. The van der Waals surface area contributed by atoms with Crippen molar-refractivity contribution in [3.8, 4) is 12.3 Å². The van der Waals surface area contributed by atoms with Crippen LogP contribution in [0, 0.1) is 12.3 Å². The van der Waals surface area contributed by atoms with Crippen LogP contribution in [0.1, 0.15) is 0 Å². The fraction of sp³-hybridized carbons (Fsp3) is 0.154. The molecular weight excluding hydrogens is 271 g/mol. The van der Waals surface area contributed by atoms with Crippen LogP contribution < -0.4 is 5.32 Å². The van der Waals surface area contributed by atoms with E-state index in [1.165, 1.54) is 0 Å². The molecule has 0 bridgehead atoms. The molecule has 0 saturated heterocycles. The maximum absolute atomic E-state index is 11.6. The van der Waals surface area contributed by atoms with Crippen molar-refractivity contribution in [1.29, 1.82) is 0 Å². The number of nitrogens with one attached hydrogen (secondary N) is 1. The maximum atomic E-state index is 11.6. The van der Waals surface area contributed by atoms with Crippen LogP contribution in [0.5, 0.6) is 0 Å². The van der Waals surface area contributed by atoms with Crippen LogP contribution in [-0.4, -0.2) is 17.0 Å². The quantitative estimate of drug-likeness (QED) is 0.862. The zero-order chi connectivity index (χ0) is 13.1. The molecule has 0 fully saturated rings. The molecule has 0 aliphatic heterocycles. The predicted octanol–water partition coefficient (Wildman–Crippen LogP) is 2.70. The number of terminal acetylenes is 1. The Balaban J connectivity index is 2.30. The number of rotatable bonds is 3. The molecule has 1 aromatic carbocycles. The molecule has 5 heteroatoms. The summed E-state index contributed by atoms with van der Waals surface area (Å²) >= 11 is 12.0. The number of fused-ring (bicyclic) bond motifs is 1. The highest BCUT2D eigenvalue weighted by atomic mass is 35.5. The van der Waals surface area contributed by atoms with Gasteiger partial charge in [-0.15, -0.1) is 6.42 Å². The molecule has 3 nitrogen and oxygen atoms in total. The van der Waals surface area contributed by atoms with Gasteiger partial charge in [-0.2, -0.15) is 0 Å². The number of carbonyl (C=O) groups is 1. The Morgan fingerprint density at radius 2 is 2.22 bits per heavy atom. The van der Waals surface area contributed by atoms with Gasteiger partial charge in [-0.3, -0.25) is 4.79 Å². The van der Waals surface area contributed by atoms with Crippen molar-refractivity contribution < 1.29 is 4.79 Å². The number of hydrogen-bond donors (Lipinski definition) is 1. The minimum absolute atomic E-state index is 0.151. The van der Waals surface area contributed by atoms with Crippen LogP contribution in [0.4, 0.5) is 0 Å². The maximum Gasteiger partial charge on any atom is 0.240 e. The third-order valence-electron chi connectivity index (χ3n) is 2.50. The third-order valence-corrected chi connectivity index (χ3v) is 3.04. The molecule has 0 aliphatic carbocycles. The summed E-state index contributed by atoms with van der Waals surface area (Å²) in [7, 11) is 0. The molecule has 1 aromatic heterocycles. The molecule has 2 rings (SSSR count). The van der Waals surface area contributed by atoms with E-state index in [0.717, 1.165) is 10.9 Å². The Labute approximate surface area is 115 Å². The van der Waals surface area contributed by atoms with Crippen LogP contribution in [0.2, 0.25) is 10.0 Å². The molecule has 0 aliphatic rings. The topological polar surface area (TPSA) is 34.0 Å². The van der Waals surface area contributed by atoms with Crippen molar-refractivity contribution in [3.05, 3.63) is 34.4 Å². The summed E-state index contributed by atoms with van der Waals surface area (Å²) in [5.41, 5.74) is 0.823. The first-order valence-corrected chi connectivity index (χ1v) is 6.01. The molecule has 0 unspecified atom stereocenters. The van der Waals surface area contributed by atoms with E-state index in [1.807, 2.05) is 6.07 Å². The molecule has 0 atom stereocenters. The molecule has 92 valence electrons.